The van der Waals surface area contributed by atoms with E-state index in [0.717, 1.165) is 36.0 Å². The van der Waals surface area contributed by atoms with Crippen LogP contribution in [0.1, 0.15) is 51.3 Å². The molecule has 0 spiro atoms. The fourth-order valence-corrected chi connectivity index (χ4v) is 9.50. The summed E-state index contributed by atoms with van der Waals surface area (Å²) < 4.78 is 72.7. The van der Waals surface area contributed by atoms with Crippen LogP contribution in [0, 0.1) is 21.0 Å². The largest absolute Gasteiger partial charge is 0.497 e. The molecule has 0 saturated carbocycles. The first-order chi connectivity index (χ1) is 37.5. The van der Waals surface area contributed by atoms with Crippen molar-refractivity contribution in [3.05, 3.63) is 208 Å². The van der Waals surface area contributed by atoms with E-state index in [4.69, 9.17) is 30.8 Å². The van der Waals surface area contributed by atoms with Crippen molar-refractivity contribution in [2.45, 2.75) is 49.0 Å². The van der Waals surface area contributed by atoms with E-state index < -0.39 is 11.8 Å². The predicted molar refractivity (Wildman–Crippen MR) is 330 cm³/mol. The first-order valence-electron chi connectivity index (χ1n) is 24.0. The molecule has 7 rings (SSSR count). The Balaban J connectivity index is 0.000000298. The molecule has 7 aromatic carbocycles. The average molecular weight is 1400 g/mol. The van der Waals surface area contributed by atoms with Gasteiger partial charge < -0.3 is 34.7 Å². The van der Waals surface area contributed by atoms with Gasteiger partial charge in [-0.2, -0.15) is 0 Å². The monoisotopic (exact) mass is 1390 g/mol. The molecule has 18 heteroatoms. The summed E-state index contributed by atoms with van der Waals surface area (Å²) in [5.41, 5.74) is 11.8. The Bertz CT molecular complexity index is 3040. The number of halogens is 7. The molecule has 0 aliphatic heterocycles. The number of esters is 2. The number of nitrogens with one attached hydrogen (secondary N) is 1. The highest BCUT2D eigenvalue weighted by atomic mass is 127. The molecule has 7 aromatic rings. The lowest BCUT2D eigenvalue weighted by atomic mass is 10.1. The number of ether oxygens (including phenoxy) is 5. The van der Waals surface area contributed by atoms with Crippen molar-refractivity contribution in [1.82, 2.24) is 0 Å². The maximum absolute atomic E-state index is 14.1. The molecule has 0 aliphatic carbocycles. The average Bonchev–Trinajstić information content (AvgIpc) is 3.45. The van der Waals surface area contributed by atoms with Gasteiger partial charge in [-0.1, -0.05) is 74.5 Å². The highest BCUT2D eigenvalue weighted by Crippen LogP contribution is 2.36. The van der Waals surface area contributed by atoms with E-state index in [1.807, 2.05) is 95.4 Å². The lowest BCUT2D eigenvalue weighted by molar-refractivity contribution is -0.138. The number of methoxy groups -OCH3 is 3. The van der Waals surface area contributed by atoms with Crippen LogP contribution in [0.2, 0.25) is 0 Å². The van der Waals surface area contributed by atoms with Crippen LogP contribution in [0.5, 0.6) is 17.2 Å². The number of hydrogen-bond acceptors (Lipinski definition) is 11. The molecular formula is C59H59Br3F3IN2O7S2. The molecule has 9 nitrogen and oxygen atoms in total. The third-order valence-corrected chi connectivity index (χ3v) is 14.6. The van der Waals surface area contributed by atoms with Crippen LogP contribution in [0.3, 0.4) is 0 Å². The molecule has 408 valence electrons. The Morgan fingerprint density at radius 1 is 0.610 bits per heavy atom. The quantitative estimate of drug-likeness (QED) is 0.0227. The van der Waals surface area contributed by atoms with Gasteiger partial charge in [-0.15, -0.1) is 23.5 Å². The molecule has 77 heavy (non-hydrogen) atoms. The second-order valence-electron chi connectivity index (χ2n) is 15.0. The fraction of sp³-hybridized carbons (Fsp3) is 0.186. The predicted octanol–water partition coefficient (Wildman–Crippen LogP) is 18.2. The fourth-order valence-electron chi connectivity index (χ4n) is 6.05. The normalized spacial score (nSPS) is 10.5. The molecule has 3 N–H and O–H groups in total. The van der Waals surface area contributed by atoms with E-state index >= 15 is 0 Å². The zero-order valence-electron chi connectivity index (χ0n) is 44.0. The number of benzene rings is 7. The van der Waals surface area contributed by atoms with Crippen LogP contribution >= 0.6 is 93.9 Å². The zero-order chi connectivity index (χ0) is 57.4. The van der Waals surface area contributed by atoms with E-state index in [2.05, 4.69) is 77.4 Å². The summed E-state index contributed by atoms with van der Waals surface area (Å²) in [6.45, 7) is 6.50. The van der Waals surface area contributed by atoms with Gasteiger partial charge in [0.2, 0.25) is 0 Å². The van der Waals surface area contributed by atoms with Gasteiger partial charge in [0, 0.05) is 52.3 Å². The second kappa shape index (κ2) is 36.7. The smallest absolute Gasteiger partial charge is 0.330 e. The molecule has 0 aromatic heterocycles. The van der Waals surface area contributed by atoms with Gasteiger partial charge in [0.25, 0.3) is 0 Å². The molecule has 0 atom stereocenters. The van der Waals surface area contributed by atoms with Crippen molar-refractivity contribution in [2.24, 2.45) is 0 Å². The van der Waals surface area contributed by atoms with Crippen LogP contribution in [0.15, 0.2) is 175 Å². The molecule has 0 heterocycles. The first-order valence-corrected chi connectivity index (χ1v) is 28.8. The first kappa shape index (κ1) is 64.1. The third kappa shape index (κ3) is 24.0. The topological polar surface area (TPSA) is 118 Å². The highest BCUT2D eigenvalue weighted by molar-refractivity contribution is 14.1. The Hall–Kier alpha value is -5.38. The Morgan fingerprint density at radius 3 is 1.60 bits per heavy atom. The summed E-state index contributed by atoms with van der Waals surface area (Å²) in [4.78, 5) is 25.4. The van der Waals surface area contributed by atoms with Gasteiger partial charge in [0.05, 0.1) is 57.2 Å². The van der Waals surface area contributed by atoms with E-state index in [9.17, 15) is 22.8 Å². The molecule has 0 radical (unpaired) electrons. The number of carbonyl (C=O) groups is 2. The third-order valence-electron chi connectivity index (χ3n) is 9.78. The van der Waals surface area contributed by atoms with Crippen molar-refractivity contribution in [1.29, 1.82) is 0 Å². The second-order valence-corrected chi connectivity index (χ2v) is 20.9. The van der Waals surface area contributed by atoms with Crippen LogP contribution in [-0.4, -0.2) is 46.5 Å². The maximum atomic E-state index is 14.1. The van der Waals surface area contributed by atoms with Crippen LogP contribution in [0.25, 0.3) is 12.2 Å². The number of rotatable bonds is 17. The molecule has 0 amide bonds. The molecule has 0 fully saturated rings. The summed E-state index contributed by atoms with van der Waals surface area (Å²) in [6, 6.07) is 42.6. The number of hydrogen-bond donors (Lipinski definition) is 2. The minimum absolute atomic E-state index is 0.268. The maximum Gasteiger partial charge on any atom is 0.330 e. The van der Waals surface area contributed by atoms with E-state index in [0.29, 0.717) is 67.8 Å². The van der Waals surface area contributed by atoms with Crippen molar-refractivity contribution in [2.75, 3.05) is 45.6 Å². The zero-order valence-corrected chi connectivity index (χ0v) is 51.6. The van der Waals surface area contributed by atoms with E-state index in [1.165, 1.54) is 48.6 Å². The van der Waals surface area contributed by atoms with Gasteiger partial charge in [-0.25, -0.2) is 22.8 Å². The van der Waals surface area contributed by atoms with Gasteiger partial charge in [0.1, 0.15) is 34.7 Å². The van der Waals surface area contributed by atoms with E-state index in [1.54, 1.807) is 94.9 Å². The SMILES string of the molecule is CCOC(=O)/C=C/c1cc(SCc2ccccc2)ccc1N.CCOC(=O)/C=C/c1cc(SCc2ccccc2)ccc1Nc1cc(F)c(Br)cc1OC.COc1cc(Br)c(F)cc1I.COc1ccc(F)c(Br)c1.[2H]CC. The van der Waals surface area contributed by atoms with Crippen molar-refractivity contribution >= 4 is 135 Å². The molecule has 0 saturated heterocycles. The number of thioether (sulfide) groups is 2. The van der Waals surface area contributed by atoms with Gasteiger partial charge in [-0.05, 0) is 191 Å². The lowest BCUT2D eigenvalue weighted by Gasteiger charge is -2.15. The molecule has 0 bridgehead atoms. The van der Waals surface area contributed by atoms with Crippen molar-refractivity contribution < 1.29 is 47.8 Å². The summed E-state index contributed by atoms with van der Waals surface area (Å²) in [6.07, 6.45) is 6.17. The minimum atomic E-state index is -0.423. The number of nitrogens with two attached hydrogens (primary N) is 1. The Kier molecular flexibility index (Phi) is 30.5. The summed E-state index contributed by atoms with van der Waals surface area (Å²) in [7, 11) is 4.62. The number of anilines is 3. The summed E-state index contributed by atoms with van der Waals surface area (Å²) in [5.74, 6) is 1.79. The lowest BCUT2D eigenvalue weighted by Crippen LogP contribution is -2.00. The van der Waals surface area contributed by atoms with Crippen LogP contribution < -0.4 is 25.3 Å². The molecule has 0 aliphatic rings. The summed E-state index contributed by atoms with van der Waals surface area (Å²) >= 11 is 14.7. The summed E-state index contributed by atoms with van der Waals surface area (Å²) in [5, 5.41) is 3.22. The molecular weight excluding hydrogens is 1340 g/mol. The van der Waals surface area contributed by atoms with Crippen molar-refractivity contribution in [3.63, 3.8) is 0 Å². The van der Waals surface area contributed by atoms with Crippen molar-refractivity contribution in [3.8, 4) is 17.2 Å². The standard InChI is InChI=1S/C25H23BrFNO3S.C18H19NO2S.C7H5BrFIO.C7H6BrFO.C2H6/c1-3-31-25(29)12-9-18-13-19(32-16-17-7-5-4-6-8-17)10-11-22(18)28-23-15-21(27)20(26)14-24(23)30-2;1-2-21-18(20)11-8-15-12-16(9-10-17(15)19)22-13-14-6-4-3-5-7-14;1-11-7-2-4(8)5(9)3-6(7)10;1-10-5-2-3-7(9)6(8)4-5;1-2/h4-15,28H,3,16H2,1-2H3;3-12H,2,13,19H2,1H3;2-3H,1H3;2-4H,1H3;1-2H3/b12-9+;11-8+;;;/i;;;;1D. The van der Waals surface area contributed by atoms with Crippen LogP contribution in [0.4, 0.5) is 30.2 Å². The van der Waals surface area contributed by atoms with Crippen LogP contribution in [-0.2, 0) is 30.6 Å². The highest BCUT2D eigenvalue weighted by Gasteiger charge is 2.13. The van der Waals surface area contributed by atoms with Gasteiger partial charge in [-0.3, -0.25) is 0 Å². The Labute approximate surface area is 498 Å². The van der Waals surface area contributed by atoms with Gasteiger partial charge >= 0.3 is 11.9 Å². The number of carbonyl (C=O) groups excluding carboxylic acids is 2. The van der Waals surface area contributed by atoms with E-state index in [-0.39, 0.29) is 17.6 Å². The minimum Gasteiger partial charge on any atom is -0.497 e. The van der Waals surface area contributed by atoms with Gasteiger partial charge in [0.15, 0.2) is 0 Å². The Morgan fingerprint density at radius 2 is 1.09 bits per heavy atom. The molecule has 0 unspecified atom stereocenters. The number of nitrogen functional groups attached to an aromatic ring is 1.